The van der Waals surface area contributed by atoms with Gasteiger partial charge in [-0.05, 0) is 20.9 Å². The first kappa shape index (κ1) is 14.2. The van der Waals surface area contributed by atoms with Crippen molar-refractivity contribution in [2.45, 2.75) is 32.1 Å². The summed E-state index contributed by atoms with van der Waals surface area (Å²) in [6.07, 6.45) is 3.16. The Labute approximate surface area is 103 Å². The third kappa shape index (κ3) is 3.80. The summed E-state index contributed by atoms with van der Waals surface area (Å²) in [5.74, 6) is 0.981. The van der Waals surface area contributed by atoms with Crippen LogP contribution in [0.25, 0.3) is 0 Å². The second kappa shape index (κ2) is 5.62. The molecule has 1 heterocycles. The molecule has 0 saturated heterocycles. The number of ether oxygens (including phenoxy) is 1. The number of hydrogen-bond donors (Lipinski definition) is 1. The lowest BCUT2D eigenvalue weighted by molar-refractivity contribution is -0.0864. The van der Waals surface area contributed by atoms with Crippen molar-refractivity contribution in [3.8, 4) is 0 Å². The van der Waals surface area contributed by atoms with E-state index in [0.717, 1.165) is 5.82 Å². The fourth-order valence-corrected chi connectivity index (χ4v) is 1.51. The van der Waals surface area contributed by atoms with E-state index in [9.17, 15) is 5.11 Å². The van der Waals surface area contributed by atoms with Crippen LogP contribution in [0.4, 0.5) is 0 Å². The van der Waals surface area contributed by atoms with Crippen molar-refractivity contribution < 1.29 is 9.84 Å². The second-order valence-electron chi connectivity index (χ2n) is 4.97. The largest absolute Gasteiger partial charge is 0.389 e. The van der Waals surface area contributed by atoms with Gasteiger partial charge in [0.1, 0.15) is 5.82 Å². The Morgan fingerprint density at radius 2 is 2.24 bits per heavy atom. The predicted octanol–water partition coefficient (Wildman–Crippen LogP) is 0.638. The molecule has 1 aromatic rings. The number of imidazole rings is 1. The molecule has 5 nitrogen and oxygen atoms in total. The molecular formula is C12H23N3O2. The average Bonchev–Trinajstić information content (AvgIpc) is 2.64. The maximum atomic E-state index is 10.1. The van der Waals surface area contributed by atoms with Crippen molar-refractivity contribution in [3.63, 3.8) is 0 Å². The lowest BCUT2D eigenvalue weighted by atomic mass is 10.0. The summed E-state index contributed by atoms with van der Waals surface area (Å²) in [7, 11) is 5.54. The Kier molecular flexibility index (Phi) is 4.68. The van der Waals surface area contributed by atoms with Crippen molar-refractivity contribution in [2.24, 2.45) is 7.05 Å². The highest BCUT2D eigenvalue weighted by Crippen LogP contribution is 2.14. The molecule has 1 unspecified atom stereocenters. The topological polar surface area (TPSA) is 50.5 Å². The predicted molar refractivity (Wildman–Crippen MR) is 66.6 cm³/mol. The smallest absolute Gasteiger partial charge is 0.122 e. The first-order chi connectivity index (χ1) is 7.86. The number of nitrogens with zero attached hydrogens (tertiary/aromatic N) is 3. The van der Waals surface area contributed by atoms with E-state index >= 15 is 0 Å². The molecule has 1 aromatic heterocycles. The zero-order chi connectivity index (χ0) is 13.1. The van der Waals surface area contributed by atoms with Crippen LogP contribution >= 0.6 is 0 Å². The van der Waals surface area contributed by atoms with Gasteiger partial charge in [0, 0.05) is 33.1 Å². The molecule has 1 atom stereocenters. The molecule has 0 aromatic carbocycles. The van der Waals surface area contributed by atoms with Crippen molar-refractivity contribution in [1.29, 1.82) is 0 Å². The van der Waals surface area contributed by atoms with Crippen molar-refractivity contribution in [1.82, 2.24) is 14.5 Å². The van der Waals surface area contributed by atoms with Crippen LogP contribution < -0.4 is 0 Å². The average molecular weight is 241 g/mol. The number of aromatic nitrogens is 2. The van der Waals surface area contributed by atoms with Crippen molar-refractivity contribution in [3.05, 3.63) is 18.2 Å². The minimum atomic E-state index is -0.532. The zero-order valence-electron chi connectivity index (χ0n) is 11.3. The molecule has 1 rings (SSSR count). The van der Waals surface area contributed by atoms with Gasteiger partial charge in [0.2, 0.25) is 0 Å². The maximum absolute atomic E-state index is 10.1. The first-order valence-corrected chi connectivity index (χ1v) is 5.74. The van der Waals surface area contributed by atoms with E-state index in [1.54, 1.807) is 13.3 Å². The van der Waals surface area contributed by atoms with Gasteiger partial charge in [0.25, 0.3) is 0 Å². The normalized spacial score (nSPS) is 14.3. The molecule has 0 bridgehead atoms. The zero-order valence-corrected chi connectivity index (χ0v) is 11.3. The molecule has 0 aliphatic rings. The minimum Gasteiger partial charge on any atom is -0.389 e. The van der Waals surface area contributed by atoms with Crippen LogP contribution in [0.3, 0.4) is 0 Å². The van der Waals surface area contributed by atoms with E-state index in [1.165, 1.54) is 0 Å². The lowest BCUT2D eigenvalue weighted by Crippen LogP contribution is -2.45. The number of rotatable bonds is 6. The second-order valence-corrected chi connectivity index (χ2v) is 4.97. The van der Waals surface area contributed by atoms with Crippen LogP contribution in [0, 0.1) is 0 Å². The highest BCUT2D eigenvalue weighted by atomic mass is 16.5. The minimum absolute atomic E-state index is 0.530. The van der Waals surface area contributed by atoms with E-state index in [1.807, 2.05) is 43.6 Å². The van der Waals surface area contributed by atoms with Gasteiger partial charge in [-0.3, -0.25) is 4.90 Å². The van der Waals surface area contributed by atoms with Gasteiger partial charge in [0.05, 0.1) is 18.2 Å². The third-order valence-corrected chi connectivity index (χ3v) is 3.15. The summed E-state index contributed by atoms with van der Waals surface area (Å²) in [5.41, 5.74) is -0.532. The number of methoxy groups -OCH3 is 1. The summed E-state index contributed by atoms with van der Waals surface area (Å²) in [6, 6.07) is 0. The molecule has 0 fully saturated rings. The van der Waals surface area contributed by atoms with E-state index in [2.05, 4.69) is 4.98 Å². The third-order valence-electron chi connectivity index (χ3n) is 3.15. The molecule has 0 aliphatic heterocycles. The highest BCUT2D eigenvalue weighted by Gasteiger charge is 2.28. The van der Waals surface area contributed by atoms with Crippen LogP contribution in [-0.2, 0) is 18.3 Å². The molecule has 0 saturated carbocycles. The Hall–Kier alpha value is -0.910. The first-order valence-electron chi connectivity index (χ1n) is 5.74. The molecule has 17 heavy (non-hydrogen) atoms. The highest BCUT2D eigenvalue weighted by molar-refractivity contribution is 4.91. The molecule has 0 spiro atoms. The molecule has 1 N–H and O–H groups in total. The van der Waals surface area contributed by atoms with Gasteiger partial charge in [-0.2, -0.15) is 0 Å². The molecule has 98 valence electrons. The molecule has 5 heteroatoms. The lowest BCUT2D eigenvalue weighted by Gasteiger charge is -2.31. The van der Waals surface area contributed by atoms with Gasteiger partial charge in [0.15, 0.2) is 0 Å². The number of aliphatic hydroxyl groups excluding tert-OH is 1. The van der Waals surface area contributed by atoms with E-state index in [4.69, 9.17) is 4.74 Å². The maximum Gasteiger partial charge on any atom is 0.122 e. The van der Waals surface area contributed by atoms with Crippen LogP contribution in [0.5, 0.6) is 0 Å². The van der Waals surface area contributed by atoms with Gasteiger partial charge in [-0.1, -0.05) is 0 Å². The number of hydrogen-bond acceptors (Lipinski definition) is 4. The Morgan fingerprint density at radius 3 is 2.71 bits per heavy atom. The standard InChI is InChI=1S/C12H23N3O2/c1-12(2,17-5)10(16)8-14(3)9-11-13-6-7-15(11)4/h6-7,10,16H,8-9H2,1-5H3. The summed E-state index contributed by atoms with van der Waals surface area (Å²) < 4.78 is 7.24. The van der Waals surface area contributed by atoms with Crippen LogP contribution in [0.2, 0.25) is 0 Å². The fourth-order valence-electron chi connectivity index (χ4n) is 1.51. The summed E-state index contributed by atoms with van der Waals surface area (Å²) in [6.45, 7) is 5.02. The van der Waals surface area contributed by atoms with E-state index < -0.39 is 11.7 Å². The fraction of sp³-hybridized carbons (Fsp3) is 0.750. The van der Waals surface area contributed by atoms with Crippen LogP contribution in [0.1, 0.15) is 19.7 Å². The summed E-state index contributed by atoms with van der Waals surface area (Å²) in [4.78, 5) is 6.29. The summed E-state index contributed by atoms with van der Waals surface area (Å²) >= 11 is 0. The number of aliphatic hydroxyl groups is 1. The van der Waals surface area contributed by atoms with Gasteiger partial charge in [-0.25, -0.2) is 4.98 Å². The van der Waals surface area contributed by atoms with Crippen molar-refractivity contribution in [2.75, 3.05) is 20.7 Å². The monoisotopic (exact) mass is 241 g/mol. The van der Waals surface area contributed by atoms with Crippen molar-refractivity contribution >= 4 is 0 Å². The van der Waals surface area contributed by atoms with Crippen LogP contribution in [0.15, 0.2) is 12.4 Å². The molecular weight excluding hydrogens is 218 g/mol. The van der Waals surface area contributed by atoms with Gasteiger partial charge >= 0.3 is 0 Å². The van der Waals surface area contributed by atoms with Gasteiger partial charge in [-0.15, -0.1) is 0 Å². The molecule has 0 radical (unpaired) electrons. The summed E-state index contributed by atoms with van der Waals surface area (Å²) in [5, 5.41) is 10.1. The molecule has 0 aliphatic carbocycles. The number of aryl methyl sites for hydroxylation is 1. The Morgan fingerprint density at radius 1 is 1.59 bits per heavy atom. The Balaban J connectivity index is 2.50. The van der Waals surface area contributed by atoms with E-state index in [-0.39, 0.29) is 0 Å². The SMILES string of the molecule is COC(C)(C)C(O)CN(C)Cc1nccn1C. The molecule has 0 amide bonds. The quantitative estimate of drug-likeness (QED) is 0.794. The Bertz CT molecular complexity index is 349. The van der Waals surface area contributed by atoms with Crippen LogP contribution in [-0.4, -0.2) is 52.0 Å². The van der Waals surface area contributed by atoms with Gasteiger partial charge < -0.3 is 14.4 Å². The number of likely N-dealkylation sites (N-methyl/N-ethyl adjacent to an activating group) is 1. The van der Waals surface area contributed by atoms with E-state index in [0.29, 0.717) is 13.1 Å².